The largest absolute Gasteiger partial charge is 0.416 e. The first-order valence-electron chi connectivity index (χ1n) is 15.0. The molecule has 0 fully saturated rings. The van der Waals surface area contributed by atoms with Gasteiger partial charge in [0.15, 0.2) is 0 Å². The smallest absolute Gasteiger partial charge is 0.248 e. The van der Waals surface area contributed by atoms with Crippen molar-refractivity contribution in [3.63, 3.8) is 0 Å². The number of nitrogens with zero attached hydrogens (tertiary/aromatic N) is 3. The van der Waals surface area contributed by atoms with Gasteiger partial charge in [0.1, 0.15) is 0 Å². The molecule has 0 aliphatic carbocycles. The van der Waals surface area contributed by atoms with Gasteiger partial charge in [-0.2, -0.15) is 0 Å². The second-order valence-corrected chi connectivity index (χ2v) is 11.3. The zero-order valence-electron chi connectivity index (χ0n) is 24.2. The van der Waals surface area contributed by atoms with Crippen LogP contribution in [-0.4, -0.2) is 15.2 Å². The molecule has 0 aliphatic heterocycles. The van der Waals surface area contributed by atoms with Crippen molar-refractivity contribution in [2.75, 3.05) is 0 Å². The molecule has 4 nitrogen and oxygen atoms in total. The number of fused-ring (bicyclic) bond motifs is 8. The molecule has 7 aromatic carbocycles. The van der Waals surface area contributed by atoms with Crippen LogP contribution in [0.5, 0.6) is 0 Å². The lowest BCUT2D eigenvalue weighted by Crippen LogP contribution is -1.93. The van der Waals surface area contributed by atoms with Gasteiger partial charge in [0.25, 0.3) is 0 Å². The molecule has 210 valence electrons. The van der Waals surface area contributed by atoms with Crippen LogP contribution in [0.25, 0.3) is 88.5 Å². The van der Waals surface area contributed by atoms with Crippen LogP contribution >= 0.6 is 0 Å². The minimum absolute atomic E-state index is 0.498. The summed E-state index contributed by atoms with van der Waals surface area (Å²) in [6, 6.07) is 52.7. The number of pyridine rings is 1. The zero-order valence-corrected chi connectivity index (χ0v) is 24.2. The molecule has 0 spiro atoms. The fourth-order valence-corrected chi connectivity index (χ4v) is 6.52. The van der Waals surface area contributed by atoms with Gasteiger partial charge in [0.05, 0.1) is 11.2 Å². The summed E-state index contributed by atoms with van der Waals surface area (Å²) in [6.45, 7) is 0. The third-order valence-electron chi connectivity index (χ3n) is 8.62. The summed E-state index contributed by atoms with van der Waals surface area (Å²) in [4.78, 5) is 5.29. The second kappa shape index (κ2) is 10.2. The van der Waals surface area contributed by atoms with E-state index in [9.17, 15) is 0 Å². The first-order chi connectivity index (χ1) is 22.3. The van der Waals surface area contributed by atoms with Crippen molar-refractivity contribution < 1.29 is 4.42 Å². The van der Waals surface area contributed by atoms with Crippen molar-refractivity contribution in [1.82, 2.24) is 15.2 Å². The van der Waals surface area contributed by atoms with E-state index < -0.39 is 0 Å². The SMILES string of the molecule is c1ccc(-c2nnc(-c3cccc(-c4ccc(-c5nc6ccccc6c6c7ccccc7c7ccccc7c56)cc4)c3)o2)cc1. The van der Waals surface area contributed by atoms with E-state index in [-0.39, 0.29) is 0 Å². The molecule has 0 aliphatic rings. The van der Waals surface area contributed by atoms with Crippen molar-refractivity contribution in [3.05, 3.63) is 152 Å². The number of para-hydroxylation sites is 1. The molecule has 0 atom stereocenters. The Hall–Kier alpha value is -6.13. The van der Waals surface area contributed by atoms with Crippen molar-refractivity contribution in [1.29, 1.82) is 0 Å². The summed E-state index contributed by atoms with van der Waals surface area (Å²) in [5, 5.41) is 17.2. The topological polar surface area (TPSA) is 51.8 Å². The number of hydrogen-bond donors (Lipinski definition) is 0. The Balaban J connectivity index is 1.18. The van der Waals surface area contributed by atoms with Crippen molar-refractivity contribution in [3.8, 4) is 45.3 Å². The third-order valence-corrected chi connectivity index (χ3v) is 8.62. The molecule has 0 radical (unpaired) electrons. The normalized spacial score (nSPS) is 11.6. The van der Waals surface area contributed by atoms with Crippen molar-refractivity contribution in [2.24, 2.45) is 0 Å². The summed E-state index contributed by atoms with van der Waals surface area (Å²) in [5.74, 6) is 1.01. The highest BCUT2D eigenvalue weighted by Crippen LogP contribution is 2.42. The summed E-state index contributed by atoms with van der Waals surface area (Å²) >= 11 is 0. The second-order valence-electron chi connectivity index (χ2n) is 11.3. The van der Waals surface area contributed by atoms with Gasteiger partial charge in [-0.05, 0) is 63.0 Å². The molecule has 0 saturated carbocycles. The maximum atomic E-state index is 6.03. The maximum Gasteiger partial charge on any atom is 0.248 e. The number of benzene rings is 7. The predicted molar refractivity (Wildman–Crippen MR) is 184 cm³/mol. The number of aromatic nitrogens is 3. The third kappa shape index (κ3) is 4.19. The van der Waals surface area contributed by atoms with Crippen molar-refractivity contribution >= 4 is 43.2 Å². The number of rotatable bonds is 4. The average molecular weight is 576 g/mol. The Labute approximate surface area is 259 Å². The van der Waals surface area contributed by atoms with Crippen LogP contribution in [0, 0.1) is 0 Å². The molecule has 9 rings (SSSR count). The Kier molecular flexibility index (Phi) is 5.78. The minimum Gasteiger partial charge on any atom is -0.416 e. The quantitative estimate of drug-likeness (QED) is 0.196. The van der Waals surface area contributed by atoms with E-state index in [1.807, 2.05) is 42.5 Å². The number of hydrogen-bond acceptors (Lipinski definition) is 4. The van der Waals surface area contributed by atoms with E-state index in [0.717, 1.165) is 39.0 Å². The standard InChI is InChI=1S/C41H25N3O/c1-2-11-28(12-3-1)40-43-44-41(45-40)30-14-10-13-29(25-30)26-21-23-27(24-22-26)39-38-34-18-7-5-16-32(34)31-15-4-6-17-33(31)37(38)35-19-8-9-20-36(35)42-39/h1-25H. The first kappa shape index (κ1) is 25.4. The molecule has 0 unspecified atom stereocenters. The lowest BCUT2D eigenvalue weighted by atomic mass is 9.89. The molecule has 9 aromatic rings. The molecule has 0 amide bonds. The summed E-state index contributed by atoms with van der Waals surface area (Å²) in [5.41, 5.74) is 7.02. The molecule has 0 N–H and O–H groups in total. The molecule has 4 heteroatoms. The van der Waals surface area contributed by atoms with Gasteiger partial charge in [0, 0.05) is 32.8 Å². The molecule has 2 heterocycles. The minimum atomic E-state index is 0.498. The lowest BCUT2D eigenvalue weighted by Gasteiger charge is -2.16. The van der Waals surface area contributed by atoms with Gasteiger partial charge in [0.2, 0.25) is 11.8 Å². The van der Waals surface area contributed by atoms with Gasteiger partial charge in [-0.3, -0.25) is 0 Å². The summed E-state index contributed by atoms with van der Waals surface area (Å²) in [6.07, 6.45) is 0. The molecular weight excluding hydrogens is 550 g/mol. The van der Waals surface area contributed by atoms with E-state index in [1.54, 1.807) is 0 Å². The van der Waals surface area contributed by atoms with E-state index in [2.05, 4.69) is 119 Å². The Bertz CT molecular complexity index is 2530. The molecule has 0 saturated heterocycles. The van der Waals surface area contributed by atoms with Crippen LogP contribution in [-0.2, 0) is 0 Å². The van der Waals surface area contributed by atoms with Crippen LogP contribution < -0.4 is 0 Å². The highest BCUT2D eigenvalue weighted by atomic mass is 16.4. The highest BCUT2D eigenvalue weighted by molar-refractivity contribution is 6.33. The Morgan fingerprint density at radius 1 is 0.356 bits per heavy atom. The monoisotopic (exact) mass is 575 g/mol. The van der Waals surface area contributed by atoms with Crippen LogP contribution in [0.1, 0.15) is 0 Å². The average Bonchev–Trinajstić information content (AvgIpc) is 3.62. The fourth-order valence-electron chi connectivity index (χ4n) is 6.52. The van der Waals surface area contributed by atoms with Crippen LogP contribution in [0.4, 0.5) is 0 Å². The molecule has 45 heavy (non-hydrogen) atoms. The van der Waals surface area contributed by atoms with Gasteiger partial charge < -0.3 is 4.42 Å². The molecule has 0 bridgehead atoms. The summed E-state index contributed by atoms with van der Waals surface area (Å²) < 4.78 is 6.03. The fraction of sp³-hybridized carbons (Fsp3) is 0. The lowest BCUT2D eigenvalue weighted by molar-refractivity contribution is 0.584. The Morgan fingerprint density at radius 2 is 0.889 bits per heavy atom. The predicted octanol–water partition coefficient (Wildman–Crippen LogP) is 10.7. The van der Waals surface area contributed by atoms with Crippen LogP contribution in [0.15, 0.2) is 156 Å². The van der Waals surface area contributed by atoms with E-state index >= 15 is 0 Å². The zero-order chi connectivity index (χ0) is 29.7. The van der Waals surface area contributed by atoms with E-state index in [0.29, 0.717) is 11.8 Å². The Morgan fingerprint density at radius 3 is 1.62 bits per heavy atom. The van der Waals surface area contributed by atoms with Crippen LogP contribution in [0.2, 0.25) is 0 Å². The van der Waals surface area contributed by atoms with Gasteiger partial charge in [-0.15, -0.1) is 10.2 Å². The van der Waals surface area contributed by atoms with Gasteiger partial charge >= 0.3 is 0 Å². The van der Waals surface area contributed by atoms with Crippen LogP contribution in [0.3, 0.4) is 0 Å². The van der Waals surface area contributed by atoms with E-state index in [4.69, 9.17) is 9.40 Å². The summed E-state index contributed by atoms with van der Waals surface area (Å²) in [7, 11) is 0. The highest BCUT2D eigenvalue weighted by Gasteiger charge is 2.17. The first-order valence-corrected chi connectivity index (χ1v) is 15.0. The molecule has 2 aromatic heterocycles. The van der Waals surface area contributed by atoms with Gasteiger partial charge in [-0.25, -0.2) is 4.98 Å². The van der Waals surface area contributed by atoms with Crippen molar-refractivity contribution in [2.45, 2.75) is 0 Å². The maximum absolute atomic E-state index is 6.03. The van der Waals surface area contributed by atoms with Gasteiger partial charge in [-0.1, -0.05) is 121 Å². The molecular formula is C41H25N3O. The van der Waals surface area contributed by atoms with E-state index in [1.165, 1.54) is 37.7 Å².